The monoisotopic (exact) mass is 330 g/mol. The summed E-state index contributed by atoms with van der Waals surface area (Å²) in [6.07, 6.45) is -1.04. The zero-order chi connectivity index (χ0) is 17.5. The molecule has 0 atom stereocenters. The summed E-state index contributed by atoms with van der Waals surface area (Å²) in [6.45, 7) is 1.10. The average Bonchev–Trinajstić information content (AvgIpc) is 2.54. The molecule has 0 aliphatic heterocycles. The molecule has 24 heavy (non-hydrogen) atoms. The van der Waals surface area contributed by atoms with Crippen molar-refractivity contribution in [3.8, 4) is 0 Å². The molecule has 0 amide bonds. The largest absolute Gasteiger partial charge is 0.399 e. The maximum atomic E-state index is 8.94. The lowest BCUT2D eigenvalue weighted by atomic mass is 10.1. The van der Waals surface area contributed by atoms with Crippen LogP contribution in [0.2, 0.25) is 0 Å². The summed E-state index contributed by atoms with van der Waals surface area (Å²) in [6, 6.07) is 13.8. The van der Waals surface area contributed by atoms with Crippen LogP contribution in [0.4, 0.5) is 22.7 Å². The molecule has 0 radical (unpaired) electrons. The molecular weight excluding hydrogens is 304 g/mol. The highest BCUT2D eigenvalue weighted by Gasteiger charge is 2.05. The van der Waals surface area contributed by atoms with E-state index >= 15 is 0 Å². The Morgan fingerprint density at radius 2 is 1.75 bits per heavy atom. The summed E-state index contributed by atoms with van der Waals surface area (Å²) in [5.41, 5.74) is 10.7. The van der Waals surface area contributed by atoms with E-state index in [-0.39, 0.29) is 6.42 Å². The van der Waals surface area contributed by atoms with Crippen molar-refractivity contribution in [1.82, 2.24) is 0 Å². The van der Waals surface area contributed by atoms with E-state index in [9.17, 15) is 0 Å². The molecule has 0 aliphatic rings. The Balaban J connectivity index is 2.01. The number of nitrogens with one attached hydrogen (secondary N) is 2. The van der Waals surface area contributed by atoms with Crippen molar-refractivity contribution in [2.24, 2.45) is 0 Å². The number of nitrogen functional groups attached to an aromatic ring is 1. The van der Waals surface area contributed by atoms with Gasteiger partial charge >= 0.3 is 0 Å². The van der Waals surface area contributed by atoms with Crippen molar-refractivity contribution in [3.05, 3.63) is 48.0 Å². The molecule has 130 valence electrons. The predicted octanol–water partition coefficient (Wildman–Crippen LogP) is 2.06. The number of hydrogen-bond donors (Lipinski definition) is 5. The Bertz CT molecular complexity index is 642. The van der Waals surface area contributed by atoms with Crippen LogP contribution in [-0.2, 0) is 6.54 Å². The number of nitrogens with zero attached hydrogens (tertiary/aromatic N) is 1. The van der Waals surface area contributed by atoms with Crippen molar-refractivity contribution in [2.75, 3.05) is 41.9 Å². The molecule has 0 heterocycles. The van der Waals surface area contributed by atoms with Gasteiger partial charge in [0.15, 0.2) is 6.29 Å². The Morgan fingerprint density at radius 1 is 1.04 bits per heavy atom. The molecule has 2 aromatic carbocycles. The lowest BCUT2D eigenvalue weighted by Gasteiger charge is -2.16. The van der Waals surface area contributed by atoms with Gasteiger partial charge in [-0.2, -0.15) is 0 Å². The van der Waals surface area contributed by atoms with E-state index in [0.29, 0.717) is 18.8 Å². The Labute approximate surface area is 142 Å². The van der Waals surface area contributed by atoms with Gasteiger partial charge in [-0.25, -0.2) is 0 Å². The van der Waals surface area contributed by atoms with E-state index in [1.807, 2.05) is 44.4 Å². The summed E-state index contributed by atoms with van der Waals surface area (Å²) in [4.78, 5) is 2.05. The lowest BCUT2D eigenvalue weighted by molar-refractivity contribution is -0.0423. The molecule has 0 saturated heterocycles. The van der Waals surface area contributed by atoms with E-state index in [1.165, 1.54) is 0 Å². The number of anilines is 4. The van der Waals surface area contributed by atoms with Crippen LogP contribution >= 0.6 is 0 Å². The molecule has 0 saturated carbocycles. The van der Waals surface area contributed by atoms with E-state index in [2.05, 4.69) is 27.7 Å². The van der Waals surface area contributed by atoms with Crippen LogP contribution in [-0.4, -0.2) is 37.1 Å². The molecule has 0 bridgehead atoms. The van der Waals surface area contributed by atoms with Gasteiger partial charge in [0.1, 0.15) is 0 Å². The second-order valence-electron chi connectivity index (χ2n) is 5.91. The first-order valence-electron chi connectivity index (χ1n) is 7.95. The van der Waals surface area contributed by atoms with Crippen LogP contribution in [0.15, 0.2) is 42.5 Å². The van der Waals surface area contributed by atoms with Crippen LogP contribution in [0, 0.1) is 0 Å². The van der Waals surface area contributed by atoms with Crippen molar-refractivity contribution in [2.45, 2.75) is 19.3 Å². The number of benzene rings is 2. The Kier molecular flexibility index (Phi) is 6.28. The van der Waals surface area contributed by atoms with Gasteiger partial charge in [0, 0.05) is 56.4 Å². The Morgan fingerprint density at radius 3 is 2.38 bits per heavy atom. The fourth-order valence-corrected chi connectivity index (χ4v) is 2.34. The smallest absolute Gasteiger partial charge is 0.153 e. The van der Waals surface area contributed by atoms with Crippen LogP contribution < -0.4 is 21.3 Å². The molecule has 0 spiro atoms. The second kappa shape index (κ2) is 8.42. The zero-order valence-corrected chi connectivity index (χ0v) is 14.2. The summed E-state index contributed by atoms with van der Waals surface area (Å²) < 4.78 is 0. The minimum atomic E-state index is -1.30. The average molecular weight is 330 g/mol. The fourth-order valence-electron chi connectivity index (χ4n) is 2.34. The highest BCUT2D eigenvalue weighted by molar-refractivity contribution is 5.60. The maximum Gasteiger partial charge on any atom is 0.153 e. The molecule has 0 aliphatic carbocycles. The van der Waals surface area contributed by atoms with Gasteiger partial charge in [0.25, 0.3) is 0 Å². The van der Waals surface area contributed by atoms with Crippen LogP contribution in [0.1, 0.15) is 12.0 Å². The molecule has 6 heteroatoms. The minimum absolute atomic E-state index is 0.267. The molecule has 0 aromatic heterocycles. The van der Waals surface area contributed by atoms with Crippen molar-refractivity contribution < 1.29 is 10.2 Å². The number of nitrogens with two attached hydrogens (primary N) is 1. The van der Waals surface area contributed by atoms with E-state index < -0.39 is 6.29 Å². The van der Waals surface area contributed by atoms with E-state index in [1.54, 1.807) is 0 Å². The molecule has 0 fully saturated rings. The first-order chi connectivity index (χ1) is 11.5. The number of aliphatic hydroxyl groups excluding tert-OH is 1. The summed E-state index contributed by atoms with van der Waals surface area (Å²) in [5, 5.41) is 24.5. The molecule has 6 N–H and O–H groups in total. The number of aliphatic hydroxyl groups is 2. The first-order valence-corrected chi connectivity index (χ1v) is 7.95. The third-order valence-corrected chi connectivity index (χ3v) is 3.71. The lowest BCUT2D eigenvalue weighted by Crippen LogP contribution is -2.14. The maximum absolute atomic E-state index is 8.94. The molecule has 2 aromatic rings. The highest BCUT2D eigenvalue weighted by Crippen LogP contribution is 2.22. The van der Waals surface area contributed by atoms with Crippen LogP contribution in [0.5, 0.6) is 0 Å². The Hall–Kier alpha value is -2.44. The number of rotatable bonds is 8. The van der Waals surface area contributed by atoms with Gasteiger partial charge in [0.05, 0.1) is 0 Å². The van der Waals surface area contributed by atoms with Crippen LogP contribution in [0.25, 0.3) is 0 Å². The van der Waals surface area contributed by atoms with Crippen molar-refractivity contribution in [1.29, 1.82) is 0 Å². The van der Waals surface area contributed by atoms with Gasteiger partial charge in [-0.05, 0) is 48.0 Å². The molecule has 0 unspecified atom stereocenters. The normalized spacial score (nSPS) is 10.7. The predicted molar refractivity (Wildman–Crippen MR) is 100 cm³/mol. The molecular formula is C18H26N4O2. The number of hydrogen-bond acceptors (Lipinski definition) is 6. The van der Waals surface area contributed by atoms with E-state index in [4.69, 9.17) is 15.9 Å². The van der Waals surface area contributed by atoms with Crippen LogP contribution in [0.3, 0.4) is 0 Å². The SMILES string of the molecule is CN(C)c1ccc(NCc2cc(N)ccc2NCCC(O)O)cc1. The van der Waals surface area contributed by atoms with Gasteiger partial charge in [-0.3, -0.25) is 0 Å². The summed E-state index contributed by atoms with van der Waals surface area (Å²) in [7, 11) is 4.02. The van der Waals surface area contributed by atoms with E-state index in [0.717, 1.165) is 22.6 Å². The quantitative estimate of drug-likeness (QED) is 0.376. The first kappa shape index (κ1) is 17.9. The van der Waals surface area contributed by atoms with Gasteiger partial charge in [0.2, 0.25) is 0 Å². The highest BCUT2D eigenvalue weighted by atomic mass is 16.5. The van der Waals surface area contributed by atoms with Crippen molar-refractivity contribution >= 4 is 22.7 Å². The minimum Gasteiger partial charge on any atom is -0.399 e. The van der Waals surface area contributed by atoms with Gasteiger partial charge in [-0.1, -0.05) is 0 Å². The zero-order valence-electron chi connectivity index (χ0n) is 14.2. The third kappa shape index (κ3) is 5.33. The molecule has 2 rings (SSSR count). The van der Waals surface area contributed by atoms with Crippen molar-refractivity contribution in [3.63, 3.8) is 0 Å². The summed E-state index contributed by atoms with van der Waals surface area (Å²) in [5.74, 6) is 0. The third-order valence-electron chi connectivity index (χ3n) is 3.71. The fraction of sp³-hybridized carbons (Fsp3) is 0.333. The second-order valence-corrected chi connectivity index (χ2v) is 5.91. The van der Waals surface area contributed by atoms with Gasteiger partial charge in [-0.15, -0.1) is 0 Å². The van der Waals surface area contributed by atoms with Gasteiger partial charge < -0.3 is 31.5 Å². The molecule has 6 nitrogen and oxygen atoms in total. The summed E-state index contributed by atoms with van der Waals surface area (Å²) >= 11 is 0. The topological polar surface area (TPSA) is 93.8 Å². The standard InChI is InChI=1S/C18H26N4O2/c1-22(2)16-6-4-15(5-7-16)21-12-13-11-14(19)3-8-17(13)20-10-9-18(23)24/h3-8,11,18,20-21,23-24H,9-10,12,19H2,1-2H3.